The van der Waals surface area contributed by atoms with Gasteiger partial charge in [0.15, 0.2) is 0 Å². The van der Waals surface area contributed by atoms with E-state index in [9.17, 15) is 4.79 Å². The van der Waals surface area contributed by atoms with Gasteiger partial charge in [0.25, 0.3) is 0 Å². The van der Waals surface area contributed by atoms with Crippen molar-refractivity contribution in [2.75, 3.05) is 0 Å². The van der Waals surface area contributed by atoms with Gasteiger partial charge >= 0.3 is 0 Å². The van der Waals surface area contributed by atoms with Gasteiger partial charge < -0.3 is 0 Å². The summed E-state index contributed by atoms with van der Waals surface area (Å²) in [6, 6.07) is 8.42. The molecule has 1 aromatic carbocycles. The van der Waals surface area contributed by atoms with Crippen LogP contribution in [0.4, 0.5) is 0 Å². The minimum Gasteiger partial charge on any atom is -0.299 e. The molecule has 1 aliphatic carbocycles. The molecule has 1 saturated carbocycles. The first-order valence-corrected chi connectivity index (χ1v) is 5.81. The second-order valence-corrected chi connectivity index (χ2v) is 4.63. The van der Waals surface area contributed by atoms with Crippen LogP contribution < -0.4 is 0 Å². The van der Waals surface area contributed by atoms with Crippen LogP contribution in [0, 0.1) is 11.8 Å². The monoisotopic (exact) mass is 202 g/mol. The molecule has 0 radical (unpaired) electrons. The summed E-state index contributed by atoms with van der Waals surface area (Å²) in [5, 5.41) is 0. The zero-order valence-electron chi connectivity index (χ0n) is 9.49. The molecule has 1 nitrogen and oxygen atoms in total. The fraction of sp³-hybridized carbons (Fsp3) is 0.500. The summed E-state index contributed by atoms with van der Waals surface area (Å²) in [5.74, 6) is 1.41. The number of rotatable bonds is 4. The first-order chi connectivity index (χ1) is 7.20. The third-order valence-corrected chi connectivity index (χ3v) is 3.33. The lowest BCUT2D eigenvalue weighted by Gasteiger charge is -2.01. The van der Waals surface area contributed by atoms with Crippen LogP contribution in [0.3, 0.4) is 0 Å². The highest BCUT2D eigenvalue weighted by atomic mass is 16.1. The van der Waals surface area contributed by atoms with Crippen LogP contribution in [0.25, 0.3) is 0 Å². The Morgan fingerprint density at radius 3 is 2.27 bits per heavy atom. The van der Waals surface area contributed by atoms with Gasteiger partial charge in [-0.1, -0.05) is 38.1 Å². The summed E-state index contributed by atoms with van der Waals surface area (Å²) in [6.45, 7) is 4.30. The Hall–Kier alpha value is -1.11. The van der Waals surface area contributed by atoms with E-state index in [4.69, 9.17) is 0 Å². The van der Waals surface area contributed by atoms with Gasteiger partial charge in [0.2, 0.25) is 0 Å². The maximum Gasteiger partial charge on any atom is 0.140 e. The lowest BCUT2D eigenvalue weighted by molar-refractivity contribution is -0.119. The number of benzene rings is 1. The molecule has 0 saturated heterocycles. The molecule has 1 heteroatoms. The van der Waals surface area contributed by atoms with Crippen molar-refractivity contribution < 1.29 is 4.79 Å². The molecule has 2 unspecified atom stereocenters. The van der Waals surface area contributed by atoms with Crippen LogP contribution in [0.15, 0.2) is 24.3 Å². The van der Waals surface area contributed by atoms with Gasteiger partial charge in [-0.05, 0) is 29.9 Å². The predicted octanol–water partition coefficient (Wildman–Crippen LogP) is 3.02. The summed E-state index contributed by atoms with van der Waals surface area (Å²) < 4.78 is 0. The highest BCUT2D eigenvalue weighted by Crippen LogP contribution is 2.39. The molecular weight excluding hydrogens is 184 g/mol. The normalized spacial score (nSPS) is 23.9. The van der Waals surface area contributed by atoms with Gasteiger partial charge in [0.05, 0.1) is 0 Å². The third kappa shape index (κ3) is 2.47. The van der Waals surface area contributed by atoms with E-state index < -0.39 is 0 Å². The van der Waals surface area contributed by atoms with Crippen molar-refractivity contribution >= 4 is 5.78 Å². The Balaban J connectivity index is 1.95. The summed E-state index contributed by atoms with van der Waals surface area (Å²) in [4.78, 5) is 11.7. The van der Waals surface area contributed by atoms with E-state index in [1.165, 1.54) is 5.56 Å². The van der Waals surface area contributed by atoms with Crippen LogP contribution >= 0.6 is 0 Å². The summed E-state index contributed by atoms with van der Waals surface area (Å²) in [6.07, 6.45) is 2.79. The van der Waals surface area contributed by atoms with Gasteiger partial charge in [-0.2, -0.15) is 0 Å². The quantitative estimate of drug-likeness (QED) is 0.733. The van der Waals surface area contributed by atoms with Gasteiger partial charge in [-0.15, -0.1) is 0 Å². The van der Waals surface area contributed by atoms with Gasteiger partial charge in [-0.3, -0.25) is 4.79 Å². The zero-order chi connectivity index (χ0) is 10.8. The second-order valence-electron chi connectivity index (χ2n) is 4.63. The van der Waals surface area contributed by atoms with Crippen molar-refractivity contribution in [3.8, 4) is 0 Å². The topological polar surface area (TPSA) is 17.1 Å². The molecular formula is C14H18O. The van der Waals surface area contributed by atoms with Gasteiger partial charge in [0.1, 0.15) is 5.78 Å². The number of carbonyl (C=O) groups is 1. The Bertz CT molecular complexity index is 350. The highest BCUT2D eigenvalue weighted by molar-refractivity contribution is 5.85. The molecule has 0 N–H and O–H groups in total. The highest BCUT2D eigenvalue weighted by Gasteiger charge is 2.38. The van der Waals surface area contributed by atoms with Crippen molar-refractivity contribution in [2.45, 2.75) is 33.1 Å². The first kappa shape index (κ1) is 10.4. The molecule has 0 amide bonds. The molecule has 15 heavy (non-hydrogen) atoms. The van der Waals surface area contributed by atoms with Crippen molar-refractivity contribution in [2.24, 2.45) is 11.8 Å². The van der Waals surface area contributed by atoms with Crippen LogP contribution in [-0.4, -0.2) is 5.78 Å². The minimum absolute atomic E-state index is 0.357. The molecule has 0 spiro atoms. The standard InChI is InChI=1S/C14H18O/c1-3-11-4-6-12(7-5-11)9-14(15)13-8-10(13)2/h4-7,10,13H,3,8-9H2,1-2H3. The van der Waals surface area contributed by atoms with E-state index in [0.717, 1.165) is 18.4 Å². The lowest BCUT2D eigenvalue weighted by Crippen LogP contribution is -2.05. The number of hydrogen-bond donors (Lipinski definition) is 0. The molecule has 0 aromatic heterocycles. The molecule has 80 valence electrons. The zero-order valence-corrected chi connectivity index (χ0v) is 9.49. The second kappa shape index (κ2) is 4.18. The number of hydrogen-bond acceptors (Lipinski definition) is 1. The first-order valence-electron chi connectivity index (χ1n) is 5.81. The summed E-state index contributed by atoms with van der Waals surface area (Å²) in [7, 11) is 0. The Morgan fingerprint density at radius 2 is 1.80 bits per heavy atom. The maximum atomic E-state index is 11.7. The number of carbonyl (C=O) groups excluding carboxylic acids is 1. The maximum absolute atomic E-state index is 11.7. The van der Waals surface area contributed by atoms with E-state index in [2.05, 4.69) is 38.1 Å². The molecule has 0 bridgehead atoms. The Labute approximate surface area is 91.5 Å². The predicted molar refractivity (Wildman–Crippen MR) is 61.8 cm³/mol. The molecule has 0 heterocycles. The Kier molecular flexibility index (Phi) is 2.90. The van der Waals surface area contributed by atoms with E-state index in [1.807, 2.05) is 0 Å². The number of Topliss-reactive ketones (excluding diaryl/α,β-unsaturated/α-hetero) is 1. The van der Waals surface area contributed by atoms with E-state index in [1.54, 1.807) is 0 Å². The van der Waals surface area contributed by atoms with Crippen molar-refractivity contribution in [3.63, 3.8) is 0 Å². The molecule has 0 aliphatic heterocycles. The van der Waals surface area contributed by atoms with E-state index in [-0.39, 0.29) is 0 Å². The largest absolute Gasteiger partial charge is 0.299 e. The fourth-order valence-corrected chi connectivity index (χ4v) is 2.00. The molecule has 2 rings (SSSR count). The third-order valence-electron chi connectivity index (χ3n) is 3.33. The van der Waals surface area contributed by atoms with Crippen molar-refractivity contribution in [1.29, 1.82) is 0 Å². The number of ketones is 1. The average molecular weight is 202 g/mol. The van der Waals surface area contributed by atoms with Gasteiger partial charge in [-0.25, -0.2) is 0 Å². The van der Waals surface area contributed by atoms with Crippen molar-refractivity contribution in [1.82, 2.24) is 0 Å². The van der Waals surface area contributed by atoms with Crippen molar-refractivity contribution in [3.05, 3.63) is 35.4 Å². The fourth-order valence-electron chi connectivity index (χ4n) is 2.00. The van der Waals surface area contributed by atoms with Crippen LogP contribution in [0.5, 0.6) is 0 Å². The van der Waals surface area contributed by atoms with Crippen LogP contribution in [0.2, 0.25) is 0 Å². The molecule has 1 fully saturated rings. The van der Waals surface area contributed by atoms with E-state index >= 15 is 0 Å². The smallest absolute Gasteiger partial charge is 0.140 e. The summed E-state index contributed by atoms with van der Waals surface area (Å²) >= 11 is 0. The van der Waals surface area contributed by atoms with E-state index in [0.29, 0.717) is 24.0 Å². The minimum atomic E-state index is 0.357. The number of aryl methyl sites for hydroxylation is 1. The lowest BCUT2D eigenvalue weighted by atomic mass is 10.0. The summed E-state index contributed by atoms with van der Waals surface area (Å²) in [5.41, 5.74) is 2.50. The SMILES string of the molecule is CCc1ccc(CC(=O)C2CC2C)cc1. The molecule has 1 aliphatic rings. The van der Waals surface area contributed by atoms with Crippen LogP contribution in [-0.2, 0) is 17.6 Å². The molecule has 1 aromatic rings. The Morgan fingerprint density at radius 1 is 1.27 bits per heavy atom. The van der Waals surface area contributed by atoms with Gasteiger partial charge in [0, 0.05) is 12.3 Å². The van der Waals surface area contributed by atoms with Crippen LogP contribution in [0.1, 0.15) is 31.4 Å². The average Bonchev–Trinajstić information content (AvgIpc) is 2.97. The molecule has 2 atom stereocenters.